The molecule has 1 aromatic heterocycles. The van der Waals surface area contributed by atoms with Gasteiger partial charge in [0.25, 0.3) is 0 Å². The van der Waals surface area contributed by atoms with E-state index in [0.29, 0.717) is 0 Å². The van der Waals surface area contributed by atoms with Gasteiger partial charge in [0.1, 0.15) is 0 Å². The summed E-state index contributed by atoms with van der Waals surface area (Å²) in [4.78, 5) is 0. The normalized spacial score (nSPS) is 8.12. The van der Waals surface area contributed by atoms with Gasteiger partial charge in [-0.15, -0.1) is 0 Å². The Balaban J connectivity index is 0.000000490. The fourth-order valence-electron chi connectivity index (χ4n) is 0.372. The molecule has 0 atom stereocenters. The Morgan fingerprint density at radius 2 is 2.62 bits per heavy atom. The molecule has 3 heteroatoms. The van der Waals surface area contributed by atoms with Crippen LogP contribution in [0.3, 0.4) is 0 Å². The van der Waals surface area contributed by atoms with Crippen molar-refractivity contribution in [2.75, 3.05) is 0 Å². The van der Waals surface area contributed by atoms with E-state index in [4.69, 9.17) is 0 Å². The minimum Gasteiger partial charge on any atom is -0.480 e. The molecule has 41 valence electrons. The molecule has 1 aromatic rings. The van der Waals surface area contributed by atoms with Crippen LogP contribution in [-0.2, 0) is 39.1 Å². The van der Waals surface area contributed by atoms with Crippen molar-refractivity contribution in [1.82, 2.24) is 5.16 Å². The first-order chi connectivity index (χ1) is 3.43. The van der Waals surface area contributed by atoms with E-state index >= 15 is 0 Å². The van der Waals surface area contributed by atoms with E-state index in [1.165, 1.54) is 0 Å². The second-order valence-electron chi connectivity index (χ2n) is 1.29. The van der Waals surface area contributed by atoms with Gasteiger partial charge in [-0.25, -0.2) is 5.16 Å². The standard InChI is InChI=1S/C5H6NO.Y/c1-2-5-3-4-7-6-5;/h3H,2H2,1H3;/q-1;. The molecule has 0 spiro atoms. The first-order valence-electron chi connectivity index (χ1n) is 2.25. The van der Waals surface area contributed by atoms with E-state index in [9.17, 15) is 0 Å². The monoisotopic (exact) mass is 185 g/mol. The number of nitrogens with zero attached hydrogens (tertiary/aromatic N) is 1. The van der Waals surface area contributed by atoms with Crippen LogP contribution in [0.5, 0.6) is 0 Å². The number of hydrogen-bond acceptors (Lipinski definition) is 2. The predicted molar refractivity (Wildman–Crippen MR) is 24.7 cm³/mol. The number of hydrogen-bond donors (Lipinski definition) is 0. The van der Waals surface area contributed by atoms with Crippen LogP contribution < -0.4 is 0 Å². The zero-order valence-corrected chi connectivity index (χ0v) is 7.56. The van der Waals surface area contributed by atoms with Gasteiger partial charge in [-0.1, -0.05) is 19.0 Å². The molecule has 1 rings (SSSR count). The number of aromatic nitrogens is 1. The van der Waals surface area contributed by atoms with Gasteiger partial charge in [0.05, 0.1) is 0 Å². The molecule has 2 nitrogen and oxygen atoms in total. The van der Waals surface area contributed by atoms with Crippen molar-refractivity contribution in [2.45, 2.75) is 13.3 Å². The summed E-state index contributed by atoms with van der Waals surface area (Å²) in [6.07, 6.45) is 3.42. The Morgan fingerprint density at radius 3 is 2.88 bits per heavy atom. The summed E-state index contributed by atoms with van der Waals surface area (Å²) in [6, 6.07) is 1.74. The SMILES string of the molecule is CCc1c[c-]on1.[Y]. The third kappa shape index (κ3) is 2.06. The molecule has 0 N–H and O–H groups in total. The van der Waals surface area contributed by atoms with Crippen molar-refractivity contribution in [2.24, 2.45) is 0 Å². The molecule has 0 aromatic carbocycles. The third-order valence-corrected chi connectivity index (χ3v) is 0.803. The van der Waals surface area contributed by atoms with Crippen molar-refractivity contribution in [3.05, 3.63) is 18.0 Å². The van der Waals surface area contributed by atoms with Gasteiger partial charge in [-0.05, 0) is 6.26 Å². The molecule has 1 heterocycles. The third-order valence-electron chi connectivity index (χ3n) is 0.803. The number of aryl methyl sites for hydroxylation is 1. The van der Waals surface area contributed by atoms with Crippen molar-refractivity contribution in [1.29, 1.82) is 0 Å². The Hall–Kier alpha value is 0.314. The van der Waals surface area contributed by atoms with Crippen LogP contribution in [-0.4, -0.2) is 5.16 Å². The maximum atomic E-state index is 4.43. The summed E-state index contributed by atoms with van der Waals surface area (Å²) < 4.78 is 4.43. The molecule has 0 aliphatic carbocycles. The molecular formula is C5H6NOY-. The summed E-state index contributed by atoms with van der Waals surface area (Å²) in [5.74, 6) is 0. The maximum Gasteiger partial charge on any atom is 0 e. The summed E-state index contributed by atoms with van der Waals surface area (Å²) >= 11 is 0. The van der Waals surface area contributed by atoms with Crippen LogP contribution in [0.1, 0.15) is 12.6 Å². The summed E-state index contributed by atoms with van der Waals surface area (Å²) in [5, 5.41) is 3.60. The van der Waals surface area contributed by atoms with Gasteiger partial charge in [0.2, 0.25) is 0 Å². The zero-order chi connectivity index (χ0) is 5.11. The second-order valence-corrected chi connectivity index (χ2v) is 1.29. The first-order valence-corrected chi connectivity index (χ1v) is 2.25. The molecule has 0 saturated heterocycles. The topological polar surface area (TPSA) is 26.0 Å². The summed E-state index contributed by atoms with van der Waals surface area (Å²) in [5.41, 5.74) is 0.958. The van der Waals surface area contributed by atoms with Gasteiger partial charge in [0, 0.05) is 32.7 Å². The Morgan fingerprint density at radius 1 is 1.88 bits per heavy atom. The van der Waals surface area contributed by atoms with E-state index in [-0.39, 0.29) is 32.7 Å². The smallest absolute Gasteiger partial charge is 0 e. The Kier molecular flexibility index (Phi) is 4.38. The van der Waals surface area contributed by atoms with E-state index < -0.39 is 0 Å². The summed E-state index contributed by atoms with van der Waals surface area (Å²) in [6.45, 7) is 2.02. The van der Waals surface area contributed by atoms with Crippen LogP contribution >= 0.6 is 0 Å². The predicted octanol–water partition coefficient (Wildman–Crippen LogP) is 1.03. The molecule has 0 saturated carbocycles. The Labute approximate surface area is 73.5 Å². The molecule has 0 unspecified atom stereocenters. The van der Waals surface area contributed by atoms with Gasteiger partial charge in [-0.2, -0.15) is 6.07 Å². The first kappa shape index (κ1) is 8.31. The minimum absolute atomic E-state index is 0. The molecular weight excluding hydrogens is 179 g/mol. The van der Waals surface area contributed by atoms with Gasteiger partial charge in [0.15, 0.2) is 0 Å². The molecule has 0 aliphatic heterocycles. The van der Waals surface area contributed by atoms with Crippen molar-refractivity contribution < 1.29 is 37.2 Å². The number of rotatable bonds is 1. The van der Waals surface area contributed by atoms with E-state index in [0.717, 1.165) is 12.1 Å². The fourth-order valence-corrected chi connectivity index (χ4v) is 0.372. The average Bonchev–Trinajstić information content (AvgIpc) is 2.14. The van der Waals surface area contributed by atoms with Gasteiger partial charge >= 0.3 is 0 Å². The van der Waals surface area contributed by atoms with Crippen molar-refractivity contribution in [3.63, 3.8) is 0 Å². The van der Waals surface area contributed by atoms with Crippen LogP contribution in [0.4, 0.5) is 0 Å². The van der Waals surface area contributed by atoms with Gasteiger partial charge < -0.3 is 4.52 Å². The van der Waals surface area contributed by atoms with Crippen LogP contribution in [0.2, 0.25) is 0 Å². The summed E-state index contributed by atoms with van der Waals surface area (Å²) in [7, 11) is 0. The van der Waals surface area contributed by atoms with Gasteiger partial charge in [-0.3, -0.25) is 0 Å². The Bertz CT molecular complexity index is 127. The van der Waals surface area contributed by atoms with E-state index in [1.807, 2.05) is 6.92 Å². The molecule has 0 amide bonds. The van der Waals surface area contributed by atoms with E-state index in [2.05, 4.69) is 15.9 Å². The zero-order valence-electron chi connectivity index (χ0n) is 4.72. The quantitative estimate of drug-likeness (QED) is 0.610. The molecule has 0 bridgehead atoms. The second kappa shape index (κ2) is 4.22. The van der Waals surface area contributed by atoms with E-state index in [1.54, 1.807) is 6.07 Å². The van der Waals surface area contributed by atoms with Crippen LogP contribution in [0.15, 0.2) is 10.6 Å². The fraction of sp³-hybridized carbons (Fsp3) is 0.400. The van der Waals surface area contributed by atoms with Crippen molar-refractivity contribution in [3.8, 4) is 0 Å². The maximum absolute atomic E-state index is 4.43. The molecule has 1 radical (unpaired) electrons. The molecule has 0 aliphatic rings. The van der Waals surface area contributed by atoms with Crippen LogP contribution in [0, 0.1) is 6.26 Å². The molecule has 0 fully saturated rings. The average molecular weight is 185 g/mol. The largest absolute Gasteiger partial charge is 0.480 e. The minimum atomic E-state index is 0. The molecule has 8 heavy (non-hydrogen) atoms. The van der Waals surface area contributed by atoms with Crippen LogP contribution in [0.25, 0.3) is 0 Å². The van der Waals surface area contributed by atoms with Crippen molar-refractivity contribution >= 4 is 0 Å².